The van der Waals surface area contributed by atoms with Crippen LogP contribution >= 0.6 is 46.4 Å². The van der Waals surface area contributed by atoms with E-state index >= 15 is 0 Å². The van der Waals surface area contributed by atoms with Gasteiger partial charge in [0.25, 0.3) is 0 Å². The lowest BCUT2D eigenvalue weighted by molar-refractivity contribution is 1.21. The molecule has 19 heavy (non-hydrogen) atoms. The summed E-state index contributed by atoms with van der Waals surface area (Å²) >= 11 is 24.0. The zero-order valence-corrected chi connectivity index (χ0v) is 12.4. The summed E-state index contributed by atoms with van der Waals surface area (Å²) in [5.41, 5.74) is 1.86. The van der Waals surface area contributed by atoms with Crippen LogP contribution in [0.3, 0.4) is 0 Å². The fourth-order valence-corrected chi connectivity index (χ4v) is 2.46. The molecule has 0 amide bonds. The van der Waals surface area contributed by atoms with Gasteiger partial charge in [-0.3, -0.25) is 4.98 Å². The third-order valence-electron chi connectivity index (χ3n) is 2.47. The quantitative estimate of drug-likeness (QED) is 0.688. The van der Waals surface area contributed by atoms with E-state index in [1.807, 2.05) is 6.07 Å². The summed E-state index contributed by atoms with van der Waals surface area (Å²) in [6.45, 7) is 0. The largest absolute Gasteiger partial charge is 0.255 e. The Kier molecular flexibility index (Phi) is 4.54. The van der Waals surface area contributed by atoms with E-state index in [-0.39, 0.29) is 6.42 Å². The summed E-state index contributed by atoms with van der Waals surface area (Å²) in [5.74, 6) is 0. The van der Waals surface area contributed by atoms with Gasteiger partial charge in [0.15, 0.2) is 0 Å². The monoisotopic (exact) mass is 330 g/mol. The molecule has 0 aliphatic rings. The Labute approximate surface area is 130 Å². The molecule has 0 fully saturated rings. The Morgan fingerprint density at radius 1 is 1.05 bits per heavy atom. The van der Waals surface area contributed by atoms with Crippen molar-refractivity contribution in [2.24, 2.45) is 0 Å². The van der Waals surface area contributed by atoms with Gasteiger partial charge >= 0.3 is 0 Å². The number of nitriles is 1. The van der Waals surface area contributed by atoms with Crippen LogP contribution in [-0.4, -0.2) is 4.98 Å². The van der Waals surface area contributed by atoms with Gasteiger partial charge in [0.1, 0.15) is 0 Å². The number of pyridine rings is 1. The van der Waals surface area contributed by atoms with Crippen molar-refractivity contribution in [2.45, 2.75) is 6.42 Å². The molecule has 2 aromatic rings. The molecular formula is C13H6Cl4N2. The molecule has 1 aromatic heterocycles. The standard InChI is InChI=1S/C13H6Cl4N2/c14-8-4-9(13(17)10(15)5-8)12-3-7(1-2-18)11(16)6-19-12/h3-6H,1H2. The maximum Gasteiger partial charge on any atom is 0.0722 e. The van der Waals surface area contributed by atoms with Crippen molar-refractivity contribution in [1.29, 1.82) is 5.26 Å². The summed E-state index contributed by atoms with van der Waals surface area (Å²) in [7, 11) is 0. The molecule has 96 valence electrons. The first-order valence-corrected chi connectivity index (χ1v) is 6.70. The first kappa shape index (κ1) is 14.4. The number of hydrogen-bond donors (Lipinski definition) is 0. The van der Waals surface area contributed by atoms with E-state index in [1.165, 1.54) is 6.20 Å². The fraction of sp³-hybridized carbons (Fsp3) is 0.0769. The molecule has 2 nitrogen and oxygen atoms in total. The van der Waals surface area contributed by atoms with Gasteiger partial charge in [-0.15, -0.1) is 0 Å². The number of rotatable bonds is 2. The molecule has 1 aromatic carbocycles. The molecule has 0 aliphatic carbocycles. The van der Waals surface area contributed by atoms with Gasteiger partial charge in [0.2, 0.25) is 0 Å². The topological polar surface area (TPSA) is 36.7 Å². The summed E-state index contributed by atoms with van der Waals surface area (Å²) in [4.78, 5) is 4.19. The summed E-state index contributed by atoms with van der Waals surface area (Å²) < 4.78 is 0. The number of halogens is 4. The second-order valence-electron chi connectivity index (χ2n) is 3.74. The zero-order chi connectivity index (χ0) is 14.0. The normalized spacial score (nSPS) is 10.3. The third-order valence-corrected chi connectivity index (χ3v) is 3.83. The molecule has 0 unspecified atom stereocenters. The Bertz CT molecular complexity index is 677. The van der Waals surface area contributed by atoms with Crippen LogP contribution in [0.15, 0.2) is 24.4 Å². The maximum absolute atomic E-state index is 8.75. The van der Waals surface area contributed by atoms with Crippen LogP contribution in [0, 0.1) is 11.3 Å². The van der Waals surface area contributed by atoms with E-state index in [2.05, 4.69) is 4.98 Å². The van der Waals surface area contributed by atoms with Crippen molar-refractivity contribution in [3.8, 4) is 17.3 Å². The molecule has 0 saturated carbocycles. The first-order valence-electron chi connectivity index (χ1n) is 5.19. The molecule has 0 radical (unpaired) electrons. The van der Waals surface area contributed by atoms with Gasteiger partial charge < -0.3 is 0 Å². The molecule has 0 aliphatic heterocycles. The fourth-order valence-electron chi connectivity index (χ4n) is 1.59. The van der Waals surface area contributed by atoms with Crippen molar-refractivity contribution >= 4 is 46.4 Å². The molecular weight excluding hydrogens is 326 g/mol. The van der Waals surface area contributed by atoms with Crippen LogP contribution in [0.4, 0.5) is 0 Å². The Balaban J connectivity index is 2.60. The summed E-state index contributed by atoms with van der Waals surface area (Å²) in [6.07, 6.45) is 1.68. The van der Waals surface area contributed by atoms with Crippen LogP contribution in [-0.2, 0) is 6.42 Å². The zero-order valence-electron chi connectivity index (χ0n) is 9.42. The highest BCUT2D eigenvalue weighted by Gasteiger charge is 2.12. The van der Waals surface area contributed by atoms with Crippen LogP contribution in [0.1, 0.15) is 5.56 Å². The maximum atomic E-state index is 8.75. The molecule has 0 bridgehead atoms. The number of hydrogen-bond acceptors (Lipinski definition) is 2. The lowest BCUT2D eigenvalue weighted by atomic mass is 10.1. The highest BCUT2D eigenvalue weighted by atomic mass is 35.5. The van der Waals surface area contributed by atoms with E-state index < -0.39 is 0 Å². The Hall–Kier alpha value is -0.980. The molecule has 6 heteroatoms. The minimum Gasteiger partial charge on any atom is -0.255 e. The minimum absolute atomic E-state index is 0.195. The van der Waals surface area contributed by atoms with Crippen molar-refractivity contribution < 1.29 is 0 Å². The molecule has 0 N–H and O–H groups in total. The molecule has 2 rings (SSSR count). The SMILES string of the molecule is N#CCc1cc(-c2cc(Cl)cc(Cl)c2Cl)ncc1Cl. The Morgan fingerprint density at radius 2 is 1.79 bits per heavy atom. The predicted octanol–water partition coefficient (Wildman–Crippen LogP) is 5.43. The number of nitrogens with zero attached hydrogens (tertiary/aromatic N) is 2. The van der Waals surface area contributed by atoms with E-state index in [9.17, 15) is 0 Å². The lowest BCUT2D eigenvalue weighted by Crippen LogP contribution is -1.91. The van der Waals surface area contributed by atoms with E-state index in [0.717, 1.165) is 0 Å². The van der Waals surface area contributed by atoms with E-state index in [0.29, 0.717) is 36.9 Å². The average molecular weight is 332 g/mol. The summed E-state index contributed by atoms with van der Waals surface area (Å²) in [6, 6.07) is 6.98. The second kappa shape index (κ2) is 5.98. The molecule has 0 saturated heterocycles. The predicted molar refractivity (Wildman–Crippen MR) is 79.0 cm³/mol. The van der Waals surface area contributed by atoms with Crippen molar-refractivity contribution in [3.63, 3.8) is 0 Å². The van der Waals surface area contributed by atoms with Crippen molar-refractivity contribution in [1.82, 2.24) is 4.98 Å². The first-order chi connectivity index (χ1) is 9.02. The van der Waals surface area contributed by atoms with E-state index in [1.54, 1.807) is 18.2 Å². The molecule has 0 spiro atoms. The van der Waals surface area contributed by atoms with Gasteiger partial charge in [0.05, 0.1) is 33.3 Å². The number of aromatic nitrogens is 1. The van der Waals surface area contributed by atoms with Gasteiger partial charge in [0, 0.05) is 16.8 Å². The van der Waals surface area contributed by atoms with Crippen molar-refractivity contribution in [2.75, 3.05) is 0 Å². The van der Waals surface area contributed by atoms with Crippen LogP contribution < -0.4 is 0 Å². The Morgan fingerprint density at radius 3 is 2.47 bits per heavy atom. The van der Waals surface area contributed by atoms with Gasteiger partial charge in [-0.2, -0.15) is 5.26 Å². The lowest BCUT2D eigenvalue weighted by Gasteiger charge is -2.08. The van der Waals surface area contributed by atoms with Crippen LogP contribution in [0.2, 0.25) is 20.1 Å². The smallest absolute Gasteiger partial charge is 0.0722 e. The van der Waals surface area contributed by atoms with Gasteiger partial charge in [-0.25, -0.2) is 0 Å². The van der Waals surface area contributed by atoms with Crippen LogP contribution in [0.25, 0.3) is 11.3 Å². The van der Waals surface area contributed by atoms with Crippen LogP contribution in [0.5, 0.6) is 0 Å². The van der Waals surface area contributed by atoms with Crippen molar-refractivity contribution in [3.05, 3.63) is 50.0 Å². The van der Waals surface area contributed by atoms with E-state index in [4.69, 9.17) is 51.7 Å². The minimum atomic E-state index is 0.195. The van der Waals surface area contributed by atoms with Gasteiger partial charge in [-0.1, -0.05) is 46.4 Å². The molecule has 1 heterocycles. The highest BCUT2D eigenvalue weighted by molar-refractivity contribution is 6.45. The molecule has 0 atom stereocenters. The highest BCUT2D eigenvalue weighted by Crippen LogP contribution is 2.36. The number of benzene rings is 1. The average Bonchev–Trinajstić information content (AvgIpc) is 2.37. The summed E-state index contributed by atoms with van der Waals surface area (Å²) in [5, 5.41) is 10.4. The third kappa shape index (κ3) is 3.13. The second-order valence-corrected chi connectivity index (χ2v) is 5.37. The van der Waals surface area contributed by atoms with Gasteiger partial charge in [-0.05, 0) is 23.8 Å².